The Morgan fingerprint density at radius 3 is 2.93 bits per heavy atom. The summed E-state index contributed by atoms with van der Waals surface area (Å²) in [5, 5.41) is 9.85. The minimum Gasteiger partial charge on any atom is -0.348 e. The van der Waals surface area contributed by atoms with Gasteiger partial charge in [0.15, 0.2) is 0 Å². The van der Waals surface area contributed by atoms with Gasteiger partial charge in [-0.1, -0.05) is 17.6 Å². The quantitative estimate of drug-likeness (QED) is 0.723. The molecule has 1 amide bonds. The summed E-state index contributed by atoms with van der Waals surface area (Å²) in [5.41, 5.74) is 2.41. The lowest BCUT2D eigenvalue weighted by Gasteiger charge is -2.29. The zero-order valence-electron chi connectivity index (χ0n) is 15.7. The number of aryl methyl sites for hydroxylation is 1. The van der Waals surface area contributed by atoms with Crippen LogP contribution < -0.4 is 5.32 Å². The second-order valence-corrected chi connectivity index (χ2v) is 8.16. The summed E-state index contributed by atoms with van der Waals surface area (Å²) in [5.74, 6) is -0.101. The summed E-state index contributed by atoms with van der Waals surface area (Å²) >= 11 is 1.59. The molecule has 4 heterocycles. The van der Waals surface area contributed by atoms with Crippen molar-refractivity contribution in [1.82, 2.24) is 20.4 Å². The highest BCUT2D eigenvalue weighted by Crippen LogP contribution is 2.29. The first-order valence-corrected chi connectivity index (χ1v) is 10.3. The van der Waals surface area contributed by atoms with E-state index in [1.807, 2.05) is 30.5 Å². The lowest BCUT2D eigenvalue weighted by Crippen LogP contribution is -2.43. The molecule has 1 fully saturated rings. The van der Waals surface area contributed by atoms with E-state index >= 15 is 0 Å². The van der Waals surface area contributed by atoms with Crippen LogP contribution in [0.15, 0.2) is 28.1 Å². The highest BCUT2D eigenvalue weighted by atomic mass is 32.1. The highest BCUT2D eigenvalue weighted by molar-refractivity contribution is 7.13. The first kappa shape index (κ1) is 18.1. The van der Waals surface area contributed by atoms with Crippen LogP contribution in [-0.2, 0) is 0 Å². The third-order valence-corrected chi connectivity index (χ3v) is 5.89. The third kappa shape index (κ3) is 3.89. The molecule has 0 aromatic carbocycles. The Labute approximate surface area is 162 Å². The van der Waals surface area contributed by atoms with Crippen LogP contribution in [0.25, 0.3) is 21.7 Å². The van der Waals surface area contributed by atoms with Gasteiger partial charge in [-0.05, 0) is 57.3 Å². The molecule has 0 bridgehead atoms. The summed E-state index contributed by atoms with van der Waals surface area (Å²) in [4.78, 5) is 21.0. The second-order valence-electron chi connectivity index (χ2n) is 7.22. The number of rotatable bonds is 5. The molecule has 1 atom stereocenters. The molecule has 27 heavy (non-hydrogen) atoms. The maximum atomic E-state index is 13.1. The Balaban J connectivity index is 1.59. The lowest BCUT2D eigenvalue weighted by atomic mass is 10.1. The van der Waals surface area contributed by atoms with Gasteiger partial charge >= 0.3 is 0 Å². The SMILES string of the molecule is Cc1noc2nc(-c3cccs3)cc(C(=O)NC(C)CN3CCCCC3)c12. The van der Waals surface area contributed by atoms with Gasteiger partial charge in [-0.2, -0.15) is 0 Å². The van der Waals surface area contributed by atoms with Crippen LogP contribution in [0.1, 0.15) is 42.2 Å². The van der Waals surface area contributed by atoms with E-state index in [0.29, 0.717) is 22.4 Å². The molecule has 1 unspecified atom stereocenters. The molecule has 0 spiro atoms. The van der Waals surface area contributed by atoms with Crippen LogP contribution in [-0.4, -0.2) is 46.6 Å². The monoisotopic (exact) mass is 384 g/mol. The van der Waals surface area contributed by atoms with Crippen molar-refractivity contribution in [3.8, 4) is 10.6 Å². The van der Waals surface area contributed by atoms with Gasteiger partial charge in [0.1, 0.15) is 0 Å². The Kier molecular flexibility index (Phi) is 5.22. The zero-order chi connectivity index (χ0) is 18.8. The molecule has 6 nitrogen and oxygen atoms in total. The fraction of sp³-hybridized carbons (Fsp3) is 0.450. The summed E-state index contributed by atoms with van der Waals surface area (Å²) in [6.07, 6.45) is 3.80. The average molecular weight is 385 g/mol. The fourth-order valence-electron chi connectivity index (χ4n) is 3.70. The van der Waals surface area contributed by atoms with E-state index in [1.54, 1.807) is 11.3 Å². The van der Waals surface area contributed by atoms with Gasteiger partial charge in [-0.3, -0.25) is 4.79 Å². The first-order chi connectivity index (χ1) is 13.1. The van der Waals surface area contributed by atoms with Crippen molar-refractivity contribution in [3.05, 3.63) is 34.8 Å². The average Bonchev–Trinajstić information content (AvgIpc) is 3.32. The van der Waals surface area contributed by atoms with Crippen molar-refractivity contribution < 1.29 is 9.32 Å². The molecule has 142 valence electrons. The second kappa shape index (κ2) is 7.78. The van der Waals surface area contributed by atoms with Crippen molar-refractivity contribution >= 4 is 28.3 Å². The number of hydrogen-bond donors (Lipinski definition) is 1. The van der Waals surface area contributed by atoms with Gasteiger partial charge in [-0.25, -0.2) is 4.98 Å². The Bertz CT molecular complexity index is 929. The third-order valence-electron chi connectivity index (χ3n) is 4.99. The van der Waals surface area contributed by atoms with Crippen LogP contribution in [0, 0.1) is 6.92 Å². The number of amides is 1. The molecule has 0 radical (unpaired) electrons. The first-order valence-electron chi connectivity index (χ1n) is 9.46. The van der Waals surface area contributed by atoms with Gasteiger partial charge < -0.3 is 14.7 Å². The number of carbonyl (C=O) groups excluding carboxylic acids is 1. The number of thiophene rings is 1. The molecule has 1 aliphatic heterocycles. The summed E-state index contributed by atoms with van der Waals surface area (Å²) in [7, 11) is 0. The molecular formula is C20H24N4O2S. The molecule has 1 N–H and O–H groups in total. The standard InChI is InChI=1S/C20H24N4O2S/c1-13(12-24-8-4-3-5-9-24)21-19(25)15-11-16(17-7-6-10-27-17)22-20-18(15)14(2)23-26-20/h6-7,10-11,13H,3-5,8-9,12H2,1-2H3,(H,21,25). The Morgan fingerprint density at radius 2 is 2.19 bits per heavy atom. The van der Waals surface area contributed by atoms with Gasteiger partial charge in [0.05, 0.1) is 27.2 Å². The normalized spacial score (nSPS) is 16.5. The van der Waals surface area contributed by atoms with Crippen molar-refractivity contribution in [3.63, 3.8) is 0 Å². The summed E-state index contributed by atoms with van der Waals surface area (Å²) < 4.78 is 5.36. The molecule has 7 heteroatoms. The van der Waals surface area contributed by atoms with Gasteiger partial charge in [0, 0.05) is 12.6 Å². The number of carbonyl (C=O) groups is 1. The number of likely N-dealkylation sites (tertiary alicyclic amines) is 1. The summed E-state index contributed by atoms with van der Waals surface area (Å²) in [6, 6.07) is 5.88. The Hall–Kier alpha value is -2.25. The van der Waals surface area contributed by atoms with Crippen molar-refractivity contribution in [2.75, 3.05) is 19.6 Å². The van der Waals surface area contributed by atoms with E-state index in [1.165, 1.54) is 19.3 Å². The van der Waals surface area contributed by atoms with Gasteiger partial charge in [-0.15, -0.1) is 11.3 Å². The van der Waals surface area contributed by atoms with E-state index in [-0.39, 0.29) is 11.9 Å². The molecule has 4 rings (SSSR count). The smallest absolute Gasteiger partial charge is 0.259 e. The maximum absolute atomic E-state index is 13.1. The van der Waals surface area contributed by atoms with E-state index in [4.69, 9.17) is 4.52 Å². The molecular weight excluding hydrogens is 360 g/mol. The van der Waals surface area contributed by atoms with Crippen LogP contribution in [0.3, 0.4) is 0 Å². The maximum Gasteiger partial charge on any atom is 0.259 e. The number of pyridine rings is 1. The van der Waals surface area contributed by atoms with Gasteiger partial charge in [0.2, 0.25) is 0 Å². The number of hydrogen-bond acceptors (Lipinski definition) is 6. The zero-order valence-corrected chi connectivity index (χ0v) is 16.5. The minimum atomic E-state index is -0.101. The van der Waals surface area contributed by atoms with Crippen molar-refractivity contribution in [2.24, 2.45) is 0 Å². The van der Waals surface area contributed by atoms with Crippen molar-refractivity contribution in [2.45, 2.75) is 39.2 Å². The summed E-state index contributed by atoms with van der Waals surface area (Å²) in [6.45, 7) is 7.01. The molecule has 3 aromatic rings. The number of nitrogens with one attached hydrogen (secondary N) is 1. The largest absolute Gasteiger partial charge is 0.348 e. The van der Waals surface area contributed by atoms with E-state index in [0.717, 1.165) is 30.2 Å². The molecule has 0 aliphatic carbocycles. The molecule has 1 saturated heterocycles. The van der Waals surface area contributed by atoms with E-state index in [2.05, 4.69) is 27.3 Å². The van der Waals surface area contributed by atoms with Crippen LogP contribution in [0.2, 0.25) is 0 Å². The molecule has 0 saturated carbocycles. The van der Waals surface area contributed by atoms with Crippen molar-refractivity contribution in [1.29, 1.82) is 0 Å². The van der Waals surface area contributed by atoms with Gasteiger partial charge in [0.25, 0.3) is 11.6 Å². The number of piperidine rings is 1. The number of nitrogens with zero attached hydrogens (tertiary/aromatic N) is 3. The highest BCUT2D eigenvalue weighted by Gasteiger charge is 2.22. The number of aromatic nitrogens is 2. The Morgan fingerprint density at radius 1 is 1.37 bits per heavy atom. The predicted octanol–water partition coefficient (Wildman–Crippen LogP) is 3.86. The fourth-order valence-corrected chi connectivity index (χ4v) is 4.39. The minimum absolute atomic E-state index is 0.0733. The predicted molar refractivity (Wildman–Crippen MR) is 107 cm³/mol. The lowest BCUT2D eigenvalue weighted by molar-refractivity contribution is 0.0927. The molecule has 1 aliphatic rings. The van der Waals surface area contributed by atoms with E-state index in [9.17, 15) is 4.79 Å². The van der Waals surface area contributed by atoms with Crippen LogP contribution >= 0.6 is 11.3 Å². The molecule has 3 aromatic heterocycles. The van der Waals surface area contributed by atoms with Crippen LogP contribution in [0.5, 0.6) is 0 Å². The number of fused-ring (bicyclic) bond motifs is 1. The van der Waals surface area contributed by atoms with E-state index < -0.39 is 0 Å². The topological polar surface area (TPSA) is 71.3 Å². The van der Waals surface area contributed by atoms with Crippen LogP contribution in [0.4, 0.5) is 0 Å².